The quantitative estimate of drug-likeness (QED) is 0.605. The molecule has 0 spiro atoms. The lowest BCUT2D eigenvalue weighted by Gasteiger charge is -1.96. The van der Waals surface area contributed by atoms with Gasteiger partial charge in [0.15, 0.2) is 5.78 Å². The van der Waals surface area contributed by atoms with E-state index in [1.807, 2.05) is 13.8 Å². The number of ketones is 1. The van der Waals surface area contributed by atoms with Gasteiger partial charge in [-0.05, 0) is 26.3 Å². The fourth-order valence-corrected chi connectivity index (χ4v) is 2.74. The molecule has 1 rings (SSSR count). The third kappa shape index (κ3) is 1.78. The van der Waals surface area contributed by atoms with Crippen molar-refractivity contribution in [2.45, 2.75) is 20.8 Å². The lowest BCUT2D eigenvalue weighted by Crippen LogP contribution is -2.09. The summed E-state index contributed by atoms with van der Waals surface area (Å²) in [5.41, 5.74) is 7.22. The van der Waals surface area contributed by atoms with Gasteiger partial charge < -0.3 is 5.73 Å². The van der Waals surface area contributed by atoms with Crippen LogP contribution in [0.15, 0.2) is 0 Å². The molecule has 0 atom stereocenters. The molecule has 0 unspecified atom stereocenters. The zero-order chi connectivity index (χ0) is 10.2. The molecule has 13 heavy (non-hydrogen) atoms. The van der Waals surface area contributed by atoms with E-state index in [-0.39, 0.29) is 5.78 Å². The number of hydrogen-bond acceptors (Lipinski definition) is 3. The molecule has 0 saturated heterocycles. The molecule has 1 aromatic heterocycles. The molecule has 0 fully saturated rings. The van der Waals surface area contributed by atoms with Crippen LogP contribution in [-0.2, 0) is 0 Å². The normalized spacial score (nSPS) is 10.1. The zero-order valence-corrected chi connectivity index (χ0v) is 9.44. The first kappa shape index (κ1) is 10.3. The van der Waals surface area contributed by atoms with Crippen LogP contribution in [0.2, 0.25) is 0 Å². The van der Waals surface area contributed by atoms with Crippen molar-refractivity contribution in [3.63, 3.8) is 0 Å². The molecule has 0 amide bonds. The van der Waals surface area contributed by atoms with Gasteiger partial charge >= 0.3 is 0 Å². The minimum absolute atomic E-state index is 0.0775. The number of rotatable bonds is 2. The first-order valence-electron chi connectivity index (χ1n) is 3.86. The maximum Gasteiger partial charge on any atom is 0.161 e. The van der Waals surface area contributed by atoms with E-state index < -0.39 is 0 Å². The Balaban J connectivity index is 3.39. The van der Waals surface area contributed by atoms with Crippen LogP contribution in [0.25, 0.3) is 0 Å². The molecule has 0 aliphatic carbocycles. The smallest absolute Gasteiger partial charge is 0.161 e. The predicted molar refractivity (Wildman–Crippen MR) is 59.7 cm³/mol. The van der Waals surface area contributed by atoms with Gasteiger partial charge in [-0.25, -0.2) is 0 Å². The largest absolute Gasteiger partial charge is 0.389 e. The van der Waals surface area contributed by atoms with Crippen molar-refractivity contribution in [3.05, 3.63) is 20.9 Å². The van der Waals surface area contributed by atoms with Gasteiger partial charge in [0, 0.05) is 10.4 Å². The Hall–Kier alpha value is -0.740. The minimum atomic E-state index is 0.0775. The molecule has 1 aromatic rings. The standard InChI is InChI=1S/C9H11NOS2/c1-4-7(5(2)11)6(3)13-8(4)9(10)12/h1-3H3,(H2,10,12). The average molecular weight is 213 g/mol. The molecule has 0 aromatic carbocycles. The molecule has 70 valence electrons. The number of thiophene rings is 1. The molecular weight excluding hydrogens is 202 g/mol. The highest BCUT2D eigenvalue weighted by Gasteiger charge is 2.16. The number of carbonyl (C=O) groups excluding carboxylic acids is 1. The highest BCUT2D eigenvalue weighted by Crippen LogP contribution is 2.27. The van der Waals surface area contributed by atoms with Gasteiger partial charge in [-0.1, -0.05) is 12.2 Å². The zero-order valence-electron chi connectivity index (χ0n) is 7.80. The molecule has 0 bridgehead atoms. The van der Waals surface area contributed by atoms with Crippen LogP contribution in [0.5, 0.6) is 0 Å². The van der Waals surface area contributed by atoms with Crippen LogP contribution in [0.1, 0.15) is 32.6 Å². The molecule has 4 heteroatoms. The van der Waals surface area contributed by atoms with E-state index in [2.05, 4.69) is 0 Å². The topological polar surface area (TPSA) is 43.1 Å². The summed E-state index contributed by atoms with van der Waals surface area (Å²) < 4.78 is 0. The maximum absolute atomic E-state index is 11.2. The number of hydrogen-bond donors (Lipinski definition) is 1. The summed E-state index contributed by atoms with van der Waals surface area (Å²) in [4.78, 5) is 13.5. The third-order valence-electron chi connectivity index (χ3n) is 1.90. The minimum Gasteiger partial charge on any atom is -0.389 e. The van der Waals surface area contributed by atoms with Crippen LogP contribution in [-0.4, -0.2) is 10.8 Å². The number of thiocarbonyl (C=S) groups is 1. The second-order valence-corrected chi connectivity index (χ2v) is 4.57. The molecule has 0 aliphatic heterocycles. The van der Waals surface area contributed by atoms with E-state index >= 15 is 0 Å². The number of carbonyl (C=O) groups is 1. The molecule has 0 radical (unpaired) electrons. The SMILES string of the molecule is CC(=O)c1c(C)sc(C(N)=S)c1C. The van der Waals surface area contributed by atoms with Crippen molar-refractivity contribution >= 4 is 34.3 Å². The van der Waals surface area contributed by atoms with E-state index in [1.54, 1.807) is 6.92 Å². The van der Waals surface area contributed by atoms with Crippen molar-refractivity contribution in [2.75, 3.05) is 0 Å². The van der Waals surface area contributed by atoms with Crippen molar-refractivity contribution in [3.8, 4) is 0 Å². The molecule has 0 saturated carbocycles. The van der Waals surface area contributed by atoms with Crippen molar-refractivity contribution in [1.29, 1.82) is 0 Å². The summed E-state index contributed by atoms with van der Waals surface area (Å²) in [6.07, 6.45) is 0. The molecule has 2 N–H and O–H groups in total. The Morgan fingerprint density at radius 1 is 1.46 bits per heavy atom. The average Bonchev–Trinajstić information content (AvgIpc) is 2.26. The second-order valence-electron chi connectivity index (χ2n) is 2.91. The summed E-state index contributed by atoms with van der Waals surface area (Å²) in [6.45, 7) is 5.36. The maximum atomic E-state index is 11.2. The van der Waals surface area contributed by atoms with Crippen LogP contribution in [0.4, 0.5) is 0 Å². The van der Waals surface area contributed by atoms with E-state index in [1.165, 1.54) is 11.3 Å². The Bertz CT molecular complexity index is 379. The van der Waals surface area contributed by atoms with Crippen LogP contribution >= 0.6 is 23.6 Å². The van der Waals surface area contributed by atoms with Crippen LogP contribution in [0, 0.1) is 13.8 Å². The lowest BCUT2D eigenvalue weighted by atomic mass is 10.1. The Kier molecular flexibility index (Phi) is 2.83. The Labute approximate surface area is 86.8 Å². The number of nitrogens with two attached hydrogens (primary N) is 1. The first-order chi connectivity index (χ1) is 5.95. The fraction of sp³-hybridized carbons (Fsp3) is 0.333. The van der Waals surface area contributed by atoms with Gasteiger partial charge in [-0.2, -0.15) is 0 Å². The van der Waals surface area contributed by atoms with E-state index in [4.69, 9.17) is 18.0 Å². The van der Waals surface area contributed by atoms with Gasteiger partial charge in [0.2, 0.25) is 0 Å². The summed E-state index contributed by atoms with van der Waals surface area (Å²) in [6, 6.07) is 0. The van der Waals surface area contributed by atoms with Gasteiger partial charge in [-0.3, -0.25) is 4.79 Å². The first-order valence-corrected chi connectivity index (χ1v) is 5.08. The monoisotopic (exact) mass is 213 g/mol. The number of aryl methyl sites for hydroxylation is 1. The van der Waals surface area contributed by atoms with Gasteiger partial charge in [0.1, 0.15) is 4.99 Å². The fourth-order valence-electron chi connectivity index (χ4n) is 1.41. The number of Topliss-reactive ketones (excluding diaryl/α,β-unsaturated/α-hetero) is 1. The lowest BCUT2D eigenvalue weighted by molar-refractivity contribution is 0.101. The van der Waals surface area contributed by atoms with Gasteiger partial charge in [0.25, 0.3) is 0 Å². The molecule has 1 heterocycles. The van der Waals surface area contributed by atoms with Crippen molar-refractivity contribution < 1.29 is 4.79 Å². The molecule has 2 nitrogen and oxygen atoms in total. The molecule has 0 aliphatic rings. The highest BCUT2D eigenvalue weighted by molar-refractivity contribution is 7.81. The summed E-state index contributed by atoms with van der Waals surface area (Å²) in [5, 5.41) is 0. The van der Waals surface area contributed by atoms with Gasteiger partial charge in [0.05, 0.1) is 4.88 Å². The van der Waals surface area contributed by atoms with E-state index in [0.717, 1.165) is 20.9 Å². The Morgan fingerprint density at radius 2 is 2.00 bits per heavy atom. The van der Waals surface area contributed by atoms with Crippen LogP contribution < -0.4 is 5.73 Å². The summed E-state index contributed by atoms with van der Waals surface area (Å²) in [7, 11) is 0. The van der Waals surface area contributed by atoms with E-state index in [9.17, 15) is 4.79 Å². The van der Waals surface area contributed by atoms with Crippen molar-refractivity contribution in [2.24, 2.45) is 5.73 Å². The Morgan fingerprint density at radius 3 is 2.23 bits per heavy atom. The summed E-state index contributed by atoms with van der Waals surface area (Å²) in [5.74, 6) is 0.0775. The summed E-state index contributed by atoms with van der Waals surface area (Å²) >= 11 is 6.38. The second kappa shape index (κ2) is 3.55. The van der Waals surface area contributed by atoms with Crippen LogP contribution in [0.3, 0.4) is 0 Å². The highest BCUT2D eigenvalue weighted by atomic mass is 32.1. The van der Waals surface area contributed by atoms with E-state index in [0.29, 0.717) is 4.99 Å². The molecular formula is C9H11NOS2. The third-order valence-corrected chi connectivity index (χ3v) is 3.47. The van der Waals surface area contributed by atoms with Crippen molar-refractivity contribution in [1.82, 2.24) is 0 Å². The van der Waals surface area contributed by atoms with Gasteiger partial charge in [-0.15, -0.1) is 11.3 Å². The predicted octanol–water partition coefficient (Wildman–Crippen LogP) is 2.20.